The lowest BCUT2D eigenvalue weighted by Crippen LogP contribution is -2.52. The van der Waals surface area contributed by atoms with Crippen LogP contribution in [0.5, 0.6) is 0 Å². The Bertz CT molecular complexity index is 1380. The molecule has 0 saturated heterocycles. The number of nitrogens with zero attached hydrogens (tertiary/aromatic N) is 1. The molecule has 0 radical (unpaired) electrons. The van der Waals surface area contributed by atoms with Crippen LogP contribution in [0.1, 0.15) is 40.2 Å². The standard InChI is InChI=1S/C28H24F3N3O2S/c1-27(2,34-24(35)20-13-15-21(16-14-20)28(29,30)31)25(36)33-26-32-23(19-11-7-4-8-12-19)22(37-26)17-18-9-5-3-6-10-18/h3-16H,17H2,1-2H3,(H,34,35)(H,32,33,36). The van der Waals surface area contributed by atoms with Gasteiger partial charge in [0.25, 0.3) is 11.8 Å². The number of thiazole rings is 1. The Balaban J connectivity index is 1.51. The maximum atomic E-state index is 13.1. The number of rotatable bonds is 7. The van der Waals surface area contributed by atoms with E-state index in [4.69, 9.17) is 0 Å². The van der Waals surface area contributed by atoms with Crippen molar-refractivity contribution in [2.45, 2.75) is 32.0 Å². The molecule has 0 spiro atoms. The van der Waals surface area contributed by atoms with Gasteiger partial charge in [0.15, 0.2) is 5.13 Å². The third-order valence-electron chi connectivity index (χ3n) is 5.64. The molecule has 1 aromatic heterocycles. The number of amides is 2. The normalized spacial score (nSPS) is 11.7. The van der Waals surface area contributed by atoms with Gasteiger partial charge in [-0.3, -0.25) is 14.9 Å². The van der Waals surface area contributed by atoms with E-state index in [2.05, 4.69) is 15.6 Å². The molecule has 37 heavy (non-hydrogen) atoms. The molecule has 5 nitrogen and oxygen atoms in total. The zero-order valence-corrected chi connectivity index (χ0v) is 20.9. The van der Waals surface area contributed by atoms with Gasteiger partial charge in [-0.15, -0.1) is 11.3 Å². The average molecular weight is 524 g/mol. The largest absolute Gasteiger partial charge is 0.416 e. The van der Waals surface area contributed by atoms with Gasteiger partial charge < -0.3 is 5.32 Å². The van der Waals surface area contributed by atoms with Crippen molar-refractivity contribution in [1.82, 2.24) is 10.3 Å². The molecule has 0 aliphatic carbocycles. The van der Waals surface area contributed by atoms with Crippen LogP contribution in [0.3, 0.4) is 0 Å². The second-order valence-corrected chi connectivity index (χ2v) is 10.0. The molecule has 1 heterocycles. The lowest BCUT2D eigenvalue weighted by molar-refractivity contribution is -0.137. The summed E-state index contributed by atoms with van der Waals surface area (Å²) in [4.78, 5) is 31.4. The summed E-state index contributed by atoms with van der Waals surface area (Å²) in [5.41, 5.74) is 0.574. The van der Waals surface area contributed by atoms with E-state index in [0.717, 1.165) is 46.0 Å². The molecule has 4 rings (SSSR count). The van der Waals surface area contributed by atoms with Crippen LogP contribution in [0.15, 0.2) is 84.9 Å². The number of anilines is 1. The highest BCUT2D eigenvalue weighted by molar-refractivity contribution is 7.16. The molecule has 3 aromatic carbocycles. The van der Waals surface area contributed by atoms with Gasteiger partial charge in [0.2, 0.25) is 0 Å². The molecule has 0 saturated carbocycles. The molecular formula is C28H24F3N3O2S. The lowest BCUT2D eigenvalue weighted by Gasteiger charge is -2.24. The van der Waals surface area contributed by atoms with E-state index >= 15 is 0 Å². The molecule has 2 amide bonds. The summed E-state index contributed by atoms with van der Waals surface area (Å²) in [5.74, 6) is -1.17. The van der Waals surface area contributed by atoms with E-state index in [1.54, 1.807) is 0 Å². The second-order valence-electron chi connectivity index (χ2n) is 8.93. The zero-order valence-electron chi connectivity index (χ0n) is 20.1. The minimum Gasteiger partial charge on any atom is -0.338 e. The SMILES string of the molecule is CC(C)(NC(=O)c1ccc(C(F)(F)F)cc1)C(=O)Nc1nc(-c2ccccc2)c(Cc2ccccc2)s1. The van der Waals surface area contributed by atoms with Crippen molar-refractivity contribution in [3.63, 3.8) is 0 Å². The quantitative estimate of drug-likeness (QED) is 0.288. The van der Waals surface area contributed by atoms with E-state index in [0.29, 0.717) is 11.6 Å². The van der Waals surface area contributed by atoms with Gasteiger partial charge in [-0.05, 0) is 43.7 Å². The number of hydrogen-bond donors (Lipinski definition) is 2. The summed E-state index contributed by atoms with van der Waals surface area (Å²) in [6, 6.07) is 23.4. The first-order valence-electron chi connectivity index (χ1n) is 11.4. The monoisotopic (exact) mass is 523 g/mol. The van der Waals surface area contributed by atoms with E-state index in [1.165, 1.54) is 25.2 Å². The summed E-state index contributed by atoms with van der Waals surface area (Å²) < 4.78 is 38.4. The van der Waals surface area contributed by atoms with Crippen LogP contribution in [-0.2, 0) is 17.4 Å². The number of benzene rings is 3. The first-order chi connectivity index (χ1) is 17.5. The number of carbonyl (C=O) groups is 2. The highest BCUT2D eigenvalue weighted by atomic mass is 32.1. The summed E-state index contributed by atoms with van der Waals surface area (Å²) >= 11 is 1.35. The molecule has 0 aliphatic rings. The van der Waals surface area contributed by atoms with Crippen LogP contribution >= 0.6 is 11.3 Å². The van der Waals surface area contributed by atoms with Gasteiger partial charge in [-0.25, -0.2) is 4.98 Å². The summed E-state index contributed by atoms with van der Waals surface area (Å²) in [6.45, 7) is 3.03. The Morgan fingerprint density at radius 3 is 2.05 bits per heavy atom. The fraction of sp³-hybridized carbons (Fsp3) is 0.179. The maximum absolute atomic E-state index is 13.1. The van der Waals surface area contributed by atoms with Crippen LogP contribution in [0, 0.1) is 0 Å². The number of carbonyl (C=O) groups excluding carboxylic acids is 2. The molecule has 0 bridgehead atoms. The molecule has 0 aliphatic heterocycles. The van der Waals surface area contributed by atoms with Crippen LogP contribution in [-0.4, -0.2) is 22.3 Å². The predicted molar refractivity (Wildman–Crippen MR) is 138 cm³/mol. The second kappa shape index (κ2) is 10.6. The summed E-state index contributed by atoms with van der Waals surface area (Å²) in [6.07, 6.45) is -3.87. The Hall–Kier alpha value is -3.98. The van der Waals surface area contributed by atoms with Crippen LogP contribution < -0.4 is 10.6 Å². The number of halogens is 3. The summed E-state index contributed by atoms with van der Waals surface area (Å²) in [7, 11) is 0. The average Bonchev–Trinajstić information content (AvgIpc) is 3.26. The van der Waals surface area contributed by atoms with Crippen molar-refractivity contribution in [3.05, 3.63) is 106 Å². The van der Waals surface area contributed by atoms with Gasteiger partial charge in [0.05, 0.1) is 11.3 Å². The Morgan fingerprint density at radius 1 is 0.865 bits per heavy atom. The number of alkyl halides is 3. The van der Waals surface area contributed by atoms with Crippen molar-refractivity contribution < 1.29 is 22.8 Å². The highest BCUT2D eigenvalue weighted by Gasteiger charge is 2.32. The smallest absolute Gasteiger partial charge is 0.338 e. The van der Waals surface area contributed by atoms with Crippen LogP contribution in [0.2, 0.25) is 0 Å². The molecule has 2 N–H and O–H groups in total. The van der Waals surface area contributed by atoms with E-state index in [9.17, 15) is 22.8 Å². The molecule has 0 fully saturated rings. The lowest BCUT2D eigenvalue weighted by atomic mass is 10.0. The van der Waals surface area contributed by atoms with Crippen LogP contribution in [0.25, 0.3) is 11.3 Å². The fourth-order valence-corrected chi connectivity index (χ4v) is 4.62. The number of aromatic nitrogens is 1. The van der Waals surface area contributed by atoms with Crippen molar-refractivity contribution in [1.29, 1.82) is 0 Å². The first kappa shape index (κ1) is 26.1. The van der Waals surface area contributed by atoms with Gasteiger partial charge in [-0.2, -0.15) is 13.2 Å². The summed E-state index contributed by atoms with van der Waals surface area (Å²) in [5, 5.41) is 5.76. The van der Waals surface area contributed by atoms with E-state index < -0.39 is 29.1 Å². The third-order valence-corrected chi connectivity index (χ3v) is 6.61. The molecule has 0 atom stereocenters. The molecule has 0 unspecified atom stereocenters. The van der Waals surface area contributed by atoms with Gasteiger partial charge in [-0.1, -0.05) is 60.7 Å². The van der Waals surface area contributed by atoms with Gasteiger partial charge in [0.1, 0.15) is 5.54 Å². The first-order valence-corrected chi connectivity index (χ1v) is 12.2. The maximum Gasteiger partial charge on any atom is 0.416 e. The zero-order chi connectivity index (χ0) is 26.6. The Labute approximate surface area is 216 Å². The number of hydrogen-bond acceptors (Lipinski definition) is 4. The predicted octanol–water partition coefficient (Wildman–Crippen LogP) is 6.57. The van der Waals surface area contributed by atoms with Crippen LogP contribution in [0.4, 0.5) is 18.3 Å². The molecular weight excluding hydrogens is 499 g/mol. The Morgan fingerprint density at radius 2 is 1.46 bits per heavy atom. The Kier molecular flexibility index (Phi) is 7.45. The highest BCUT2D eigenvalue weighted by Crippen LogP contribution is 2.33. The minimum atomic E-state index is -4.50. The third kappa shape index (κ3) is 6.42. The van der Waals surface area contributed by atoms with Crippen molar-refractivity contribution in [3.8, 4) is 11.3 Å². The van der Waals surface area contributed by atoms with E-state index in [1.807, 2.05) is 60.7 Å². The van der Waals surface area contributed by atoms with E-state index in [-0.39, 0.29) is 5.56 Å². The number of nitrogens with one attached hydrogen (secondary N) is 2. The topological polar surface area (TPSA) is 71.1 Å². The molecule has 9 heteroatoms. The fourth-order valence-electron chi connectivity index (χ4n) is 3.60. The molecule has 4 aromatic rings. The minimum absolute atomic E-state index is 0.0136. The molecule has 190 valence electrons. The van der Waals surface area contributed by atoms with Crippen molar-refractivity contribution in [2.24, 2.45) is 0 Å². The van der Waals surface area contributed by atoms with Gasteiger partial charge in [0, 0.05) is 22.4 Å². The van der Waals surface area contributed by atoms with Gasteiger partial charge >= 0.3 is 6.18 Å². The van der Waals surface area contributed by atoms with Crippen molar-refractivity contribution >= 4 is 28.3 Å². The van der Waals surface area contributed by atoms with Crippen molar-refractivity contribution in [2.75, 3.05) is 5.32 Å².